The average molecular weight is 350 g/mol. The van der Waals surface area contributed by atoms with Crippen LogP contribution < -0.4 is 5.32 Å². The first-order chi connectivity index (χ1) is 12.5. The summed E-state index contributed by atoms with van der Waals surface area (Å²) in [6, 6.07) is 8.27. The van der Waals surface area contributed by atoms with Crippen LogP contribution >= 0.6 is 0 Å². The van der Waals surface area contributed by atoms with Gasteiger partial charge < -0.3 is 5.32 Å². The van der Waals surface area contributed by atoms with Crippen LogP contribution in [0.3, 0.4) is 0 Å². The molecule has 6 heteroatoms. The SMILES string of the molecule is Cc1c(NC(=O)c2cc(F)cc(-c3ccc4c(n3)CCC4)c2)cnn1C. The molecule has 26 heavy (non-hydrogen) atoms. The van der Waals surface area contributed by atoms with Crippen LogP contribution in [0.25, 0.3) is 11.3 Å². The normalized spacial score (nSPS) is 12.9. The Morgan fingerprint density at radius 2 is 2.08 bits per heavy atom. The Balaban J connectivity index is 1.66. The molecule has 0 unspecified atom stereocenters. The van der Waals surface area contributed by atoms with Gasteiger partial charge in [-0.2, -0.15) is 5.10 Å². The van der Waals surface area contributed by atoms with Gasteiger partial charge in [0, 0.05) is 23.9 Å². The summed E-state index contributed by atoms with van der Waals surface area (Å²) < 4.78 is 15.8. The van der Waals surface area contributed by atoms with Crippen molar-refractivity contribution in [2.24, 2.45) is 7.05 Å². The Kier molecular flexibility index (Phi) is 4.03. The van der Waals surface area contributed by atoms with E-state index < -0.39 is 5.82 Å². The fourth-order valence-corrected chi connectivity index (χ4v) is 3.27. The molecule has 1 aliphatic carbocycles. The second kappa shape index (κ2) is 6.37. The minimum absolute atomic E-state index is 0.255. The second-order valence-corrected chi connectivity index (χ2v) is 6.61. The second-order valence-electron chi connectivity index (χ2n) is 6.61. The quantitative estimate of drug-likeness (QED) is 0.784. The molecule has 1 aromatic carbocycles. The van der Waals surface area contributed by atoms with Crippen molar-refractivity contribution in [3.63, 3.8) is 0 Å². The van der Waals surface area contributed by atoms with E-state index in [0.29, 0.717) is 16.9 Å². The molecule has 1 aliphatic rings. The number of halogens is 1. The van der Waals surface area contributed by atoms with E-state index in [2.05, 4.69) is 15.4 Å². The van der Waals surface area contributed by atoms with Crippen LogP contribution in [0.2, 0.25) is 0 Å². The molecule has 1 N–H and O–H groups in total. The molecule has 0 saturated heterocycles. The molecule has 3 aromatic rings. The molecule has 5 nitrogen and oxygen atoms in total. The van der Waals surface area contributed by atoms with E-state index >= 15 is 0 Å². The maximum absolute atomic E-state index is 14.1. The number of carbonyl (C=O) groups excluding carboxylic acids is 1. The number of anilines is 1. The summed E-state index contributed by atoms with van der Waals surface area (Å²) in [5.41, 5.74) is 5.32. The Labute approximate surface area is 150 Å². The number of hydrogen-bond donors (Lipinski definition) is 1. The molecule has 132 valence electrons. The molecule has 0 atom stereocenters. The lowest BCUT2D eigenvalue weighted by molar-refractivity contribution is 0.102. The Morgan fingerprint density at radius 3 is 2.85 bits per heavy atom. The van der Waals surface area contributed by atoms with Gasteiger partial charge in [0.2, 0.25) is 0 Å². The van der Waals surface area contributed by atoms with Crippen molar-refractivity contribution < 1.29 is 9.18 Å². The first-order valence-electron chi connectivity index (χ1n) is 8.61. The number of benzene rings is 1. The number of rotatable bonds is 3. The van der Waals surface area contributed by atoms with Crippen LogP contribution in [0.15, 0.2) is 36.5 Å². The van der Waals surface area contributed by atoms with Crippen molar-refractivity contribution in [3.8, 4) is 11.3 Å². The minimum Gasteiger partial charge on any atom is -0.319 e. The number of aryl methyl sites for hydroxylation is 3. The van der Waals surface area contributed by atoms with Crippen LogP contribution in [0, 0.1) is 12.7 Å². The third kappa shape index (κ3) is 2.98. The lowest BCUT2D eigenvalue weighted by Gasteiger charge is -2.09. The van der Waals surface area contributed by atoms with E-state index in [1.165, 1.54) is 17.7 Å². The lowest BCUT2D eigenvalue weighted by Crippen LogP contribution is -2.13. The van der Waals surface area contributed by atoms with E-state index in [1.54, 1.807) is 24.0 Å². The first-order valence-corrected chi connectivity index (χ1v) is 8.61. The number of aromatic nitrogens is 3. The summed E-state index contributed by atoms with van der Waals surface area (Å²) in [5, 5.41) is 6.88. The van der Waals surface area contributed by atoms with Crippen LogP contribution in [0.5, 0.6) is 0 Å². The fraction of sp³-hybridized carbons (Fsp3) is 0.250. The van der Waals surface area contributed by atoms with E-state index in [9.17, 15) is 9.18 Å². The summed E-state index contributed by atoms with van der Waals surface area (Å²) >= 11 is 0. The van der Waals surface area contributed by atoms with Gasteiger partial charge in [-0.15, -0.1) is 0 Å². The molecule has 2 heterocycles. The zero-order chi connectivity index (χ0) is 18.3. The molecule has 0 bridgehead atoms. The number of hydrogen-bond acceptors (Lipinski definition) is 3. The number of pyridine rings is 1. The fourth-order valence-electron chi connectivity index (χ4n) is 3.27. The predicted octanol–water partition coefficient (Wildman–Crippen LogP) is 3.67. The van der Waals surface area contributed by atoms with Crippen molar-refractivity contribution in [1.29, 1.82) is 0 Å². The maximum atomic E-state index is 14.1. The van der Waals surface area contributed by atoms with Gasteiger partial charge in [-0.25, -0.2) is 4.39 Å². The van der Waals surface area contributed by atoms with Gasteiger partial charge in [-0.3, -0.25) is 14.5 Å². The van der Waals surface area contributed by atoms with E-state index in [0.717, 1.165) is 30.7 Å². The third-order valence-electron chi connectivity index (χ3n) is 4.87. The van der Waals surface area contributed by atoms with Gasteiger partial charge in [0.15, 0.2) is 0 Å². The molecule has 0 fully saturated rings. The summed E-state index contributed by atoms with van der Waals surface area (Å²) in [7, 11) is 1.80. The van der Waals surface area contributed by atoms with Gasteiger partial charge in [-0.05, 0) is 56.0 Å². The van der Waals surface area contributed by atoms with Crippen molar-refractivity contribution in [2.45, 2.75) is 26.2 Å². The standard InChI is InChI=1S/C20H19FN4O/c1-12-19(11-22-25(12)2)24-20(26)15-8-14(9-16(21)10-15)18-7-6-13-4-3-5-17(13)23-18/h6-11H,3-5H2,1-2H3,(H,24,26). The Morgan fingerprint density at radius 1 is 1.23 bits per heavy atom. The molecular formula is C20H19FN4O. The smallest absolute Gasteiger partial charge is 0.255 e. The van der Waals surface area contributed by atoms with Crippen LogP contribution in [0.4, 0.5) is 10.1 Å². The predicted molar refractivity (Wildman–Crippen MR) is 97.6 cm³/mol. The molecule has 0 radical (unpaired) electrons. The van der Waals surface area contributed by atoms with Gasteiger partial charge in [0.05, 0.1) is 23.3 Å². The lowest BCUT2D eigenvalue weighted by atomic mass is 10.1. The summed E-state index contributed by atoms with van der Waals surface area (Å²) in [4.78, 5) is 17.2. The number of amides is 1. The summed E-state index contributed by atoms with van der Waals surface area (Å²) in [5.74, 6) is -0.833. The zero-order valence-corrected chi connectivity index (χ0v) is 14.7. The van der Waals surface area contributed by atoms with Gasteiger partial charge in [0.25, 0.3) is 5.91 Å². The highest BCUT2D eigenvalue weighted by Crippen LogP contribution is 2.26. The van der Waals surface area contributed by atoms with E-state index in [-0.39, 0.29) is 11.5 Å². The van der Waals surface area contributed by atoms with Crippen molar-refractivity contribution in [1.82, 2.24) is 14.8 Å². The van der Waals surface area contributed by atoms with Crippen LogP contribution in [-0.2, 0) is 19.9 Å². The van der Waals surface area contributed by atoms with E-state index in [4.69, 9.17) is 0 Å². The Hall–Kier alpha value is -3.02. The van der Waals surface area contributed by atoms with Gasteiger partial charge in [-0.1, -0.05) is 6.07 Å². The topological polar surface area (TPSA) is 59.8 Å². The molecule has 0 aliphatic heterocycles. The zero-order valence-electron chi connectivity index (χ0n) is 14.7. The monoisotopic (exact) mass is 350 g/mol. The molecule has 1 amide bonds. The van der Waals surface area contributed by atoms with Gasteiger partial charge in [0.1, 0.15) is 5.82 Å². The number of fused-ring (bicyclic) bond motifs is 1. The highest BCUT2D eigenvalue weighted by molar-refractivity contribution is 6.05. The average Bonchev–Trinajstić information content (AvgIpc) is 3.22. The first kappa shape index (κ1) is 16.4. The summed E-state index contributed by atoms with van der Waals surface area (Å²) in [6.45, 7) is 1.86. The minimum atomic E-state index is -0.460. The molecule has 0 spiro atoms. The highest BCUT2D eigenvalue weighted by Gasteiger charge is 2.16. The Bertz CT molecular complexity index is 1010. The number of nitrogens with zero attached hydrogens (tertiary/aromatic N) is 3. The number of carbonyl (C=O) groups is 1. The van der Waals surface area contributed by atoms with Crippen molar-refractivity contribution in [3.05, 3.63) is 64.9 Å². The van der Waals surface area contributed by atoms with Gasteiger partial charge >= 0.3 is 0 Å². The largest absolute Gasteiger partial charge is 0.319 e. The molecular weight excluding hydrogens is 331 g/mol. The van der Waals surface area contributed by atoms with Crippen molar-refractivity contribution >= 4 is 11.6 Å². The van der Waals surface area contributed by atoms with Crippen molar-refractivity contribution in [2.75, 3.05) is 5.32 Å². The molecule has 0 saturated carbocycles. The van der Waals surface area contributed by atoms with Crippen LogP contribution in [-0.4, -0.2) is 20.7 Å². The molecule has 4 rings (SSSR count). The highest BCUT2D eigenvalue weighted by atomic mass is 19.1. The maximum Gasteiger partial charge on any atom is 0.255 e. The summed E-state index contributed by atoms with van der Waals surface area (Å²) in [6.07, 6.45) is 4.68. The molecule has 2 aromatic heterocycles. The van der Waals surface area contributed by atoms with E-state index in [1.807, 2.05) is 19.1 Å². The third-order valence-corrected chi connectivity index (χ3v) is 4.87. The van der Waals surface area contributed by atoms with Crippen LogP contribution in [0.1, 0.15) is 33.7 Å². The number of nitrogens with one attached hydrogen (secondary N) is 1.